The summed E-state index contributed by atoms with van der Waals surface area (Å²) in [5, 5.41) is 9.97. The number of nitrogens with one attached hydrogen (secondary N) is 2. The molecule has 27 heavy (non-hydrogen) atoms. The number of hydrogen-bond acceptors (Lipinski definition) is 5. The summed E-state index contributed by atoms with van der Waals surface area (Å²) in [6.45, 7) is 9.56. The van der Waals surface area contributed by atoms with E-state index >= 15 is 0 Å². The molecule has 0 radical (unpaired) electrons. The minimum Gasteiger partial charge on any atom is -0.379 e. The number of morpholine rings is 1. The predicted molar refractivity (Wildman–Crippen MR) is 112 cm³/mol. The van der Waals surface area contributed by atoms with E-state index in [-0.39, 0.29) is 5.54 Å². The molecule has 1 saturated heterocycles. The fraction of sp³-hybridized carbons (Fsp3) is 0.500. The van der Waals surface area contributed by atoms with Crippen LogP contribution in [0.4, 0.5) is 0 Å². The molecular formula is C20H29N5OS. The smallest absolute Gasteiger partial charge is 0.191 e. The van der Waals surface area contributed by atoms with Crippen molar-refractivity contribution in [3.63, 3.8) is 0 Å². The van der Waals surface area contributed by atoms with Crippen molar-refractivity contribution in [1.29, 1.82) is 0 Å². The van der Waals surface area contributed by atoms with E-state index in [9.17, 15) is 0 Å². The van der Waals surface area contributed by atoms with Crippen molar-refractivity contribution in [3.05, 3.63) is 40.7 Å². The highest BCUT2D eigenvalue weighted by Gasteiger charge is 2.28. The van der Waals surface area contributed by atoms with Crippen molar-refractivity contribution in [2.24, 2.45) is 4.99 Å². The number of aromatic nitrogens is 1. The van der Waals surface area contributed by atoms with Crippen LogP contribution < -0.4 is 10.6 Å². The monoisotopic (exact) mass is 387 g/mol. The van der Waals surface area contributed by atoms with Gasteiger partial charge >= 0.3 is 0 Å². The number of thiazole rings is 1. The number of aliphatic imine (C=N–C) groups is 1. The third kappa shape index (κ3) is 5.51. The van der Waals surface area contributed by atoms with Gasteiger partial charge < -0.3 is 15.4 Å². The third-order valence-electron chi connectivity index (χ3n) is 4.81. The zero-order valence-corrected chi connectivity index (χ0v) is 17.2. The summed E-state index contributed by atoms with van der Waals surface area (Å²) in [6.07, 6.45) is 0. The Morgan fingerprint density at radius 1 is 1.22 bits per heavy atom. The fourth-order valence-electron chi connectivity index (χ4n) is 3.09. The number of rotatable bonds is 6. The fourth-order valence-corrected chi connectivity index (χ4v) is 3.84. The minimum atomic E-state index is 0.0447. The molecular weight excluding hydrogens is 358 g/mol. The highest BCUT2D eigenvalue weighted by Crippen LogP contribution is 2.21. The van der Waals surface area contributed by atoms with Gasteiger partial charge in [-0.2, -0.15) is 0 Å². The lowest BCUT2D eigenvalue weighted by atomic mass is 10.0. The molecule has 1 aromatic carbocycles. The maximum Gasteiger partial charge on any atom is 0.191 e. The zero-order chi connectivity index (χ0) is 19.1. The molecule has 0 saturated carbocycles. The molecule has 2 heterocycles. The van der Waals surface area contributed by atoms with E-state index in [1.807, 2.05) is 18.2 Å². The van der Waals surface area contributed by atoms with Crippen LogP contribution in [-0.4, -0.2) is 61.3 Å². The molecule has 146 valence electrons. The summed E-state index contributed by atoms with van der Waals surface area (Å²) in [5.74, 6) is 0.799. The van der Waals surface area contributed by atoms with Gasteiger partial charge in [-0.15, -0.1) is 11.3 Å². The molecule has 0 bridgehead atoms. The molecule has 2 aromatic rings. The SMILES string of the molecule is CN=C(NCc1nc(-c2ccccc2)cs1)NCC(C)(C)N1CCOCC1. The Balaban J connectivity index is 1.50. The molecule has 3 rings (SSSR count). The molecule has 0 atom stereocenters. The lowest BCUT2D eigenvalue weighted by Crippen LogP contribution is -2.56. The van der Waals surface area contributed by atoms with E-state index < -0.39 is 0 Å². The quantitative estimate of drug-likeness (QED) is 0.589. The van der Waals surface area contributed by atoms with Crippen molar-refractivity contribution in [2.45, 2.75) is 25.9 Å². The number of guanidine groups is 1. The summed E-state index contributed by atoms with van der Waals surface area (Å²) < 4.78 is 5.46. The zero-order valence-electron chi connectivity index (χ0n) is 16.4. The largest absolute Gasteiger partial charge is 0.379 e. The van der Waals surface area contributed by atoms with Gasteiger partial charge in [0.15, 0.2) is 5.96 Å². The predicted octanol–water partition coefficient (Wildman–Crippen LogP) is 2.59. The Morgan fingerprint density at radius 3 is 2.67 bits per heavy atom. The Labute approximate surface area is 165 Å². The van der Waals surface area contributed by atoms with Gasteiger partial charge in [0.2, 0.25) is 0 Å². The normalized spacial score (nSPS) is 16.3. The molecule has 1 fully saturated rings. The molecule has 0 aliphatic carbocycles. The molecule has 0 amide bonds. The average molecular weight is 388 g/mol. The van der Waals surface area contributed by atoms with Gasteiger partial charge in [-0.05, 0) is 13.8 Å². The van der Waals surface area contributed by atoms with Crippen molar-refractivity contribution in [2.75, 3.05) is 39.9 Å². The Kier molecular flexibility index (Phi) is 6.82. The van der Waals surface area contributed by atoms with Gasteiger partial charge in [-0.3, -0.25) is 9.89 Å². The highest BCUT2D eigenvalue weighted by atomic mass is 32.1. The van der Waals surface area contributed by atoms with Crippen molar-refractivity contribution >= 4 is 17.3 Å². The lowest BCUT2D eigenvalue weighted by Gasteiger charge is -2.41. The van der Waals surface area contributed by atoms with Crippen LogP contribution in [0.5, 0.6) is 0 Å². The molecule has 2 N–H and O–H groups in total. The second-order valence-corrected chi connectivity index (χ2v) is 8.13. The van der Waals surface area contributed by atoms with Crippen molar-refractivity contribution < 1.29 is 4.74 Å². The van der Waals surface area contributed by atoms with Crippen LogP contribution in [-0.2, 0) is 11.3 Å². The Morgan fingerprint density at radius 2 is 1.96 bits per heavy atom. The standard InChI is InChI=1S/C20H29N5OS/c1-20(2,25-9-11-26-12-10-25)15-23-19(21-3)22-13-18-24-17(14-27-18)16-7-5-4-6-8-16/h4-8,14H,9-13,15H2,1-3H3,(H2,21,22,23). The summed E-state index contributed by atoms with van der Waals surface area (Å²) in [6, 6.07) is 10.3. The first kappa shape index (κ1) is 19.8. The topological polar surface area (TPSA) is 61.8 Å². The van der Waals surface area contributed by atoms with E-state index in [0.717, 1.165) is 55.1 Å². The van der Waals surface area contributed by atoms with E-state index in [2.05, 4.69) is 51.9 Å². The van der Waals surface area contributed by atoms with Gasteiger partial charge in [0.05, 0.1) is 25.5 Å². The van der Waals surface area contributed by atoms with Crippen LogP contribution in [0.15, 0.2) is 40.7 Å². The molecule has 0 spiro atoms. The summed E-state index contributed by atoms with van der Waals surface area (Å²) >= 11 is 1.66. The summed E-state index contributed by atoms with van der Waals surface area (Å²) in [7, 11) is 1.80. The third-order valence-corrected chi connectivity index (χ3v) is 5.66. The van der Waals surface area contributed by atoms with Gasteiger partial charge in [-0.25, -0.2) is 4.98 Å². The van der Waals surface area contributed by atoms with Gasteiger partial charge in [-0.1, -0.05) is 30.3 Å². The van der Waals surface area contributed by atoms with E-state index in [1.54, 1.807) is 18.4 Å². The average Bonchev–Trinajstić information content (AvgIpc) is 3.18. The van der Waals surface area contributed by atoms with Crippen LogP contribution in [0.3, 0.4) is 0 Å². The molecule has 7 heteroatoms. The van der Waals surface area contributed by atoms with E-state index in [4.69, 9.17) is 9.72 Å². The second kappa shape index (κ2) is 9.30. The Hall–Kier alpha value is -1.96. The first-order chi connectivity index (χ1) is 13.1. The summed E-state index contributed by atoms with van der Waals surface area (Å²) in [4.78, 5) is 11.5. The number of nitrogens with zero attached hydrogens (tertiary/aromatic N) is 3. The highest BCUT2D eigenvalue weighted by molar-refractivity contribution is 7.09. The van der Waals surface area contributed by atoms with Crippen LogP contribution in [0.2, 0.25) is 0 Å². The number of hydrogen-bond donors (Lipinski definition) is 2. The van der Waals surface area contributed by atoms with Crippen LogP contribution in [0.25, 0.3) is 11.3 Å². The maximum absolute atomic E-state index is 5.46. The van der Waals surface area contributed by atoms with Crippen LogP contribution in [0, 0.1) is 0 Å². The molecule has 1 aliphatic heterocycles. The molecule has 6 nitrogen and oxygen atoms in total. The van der Waals surface area contributed by atoms with Crippen molar-refractivity contribution in [1.82, 2.24) is 20.5 Å². The van der Waals surface area contributed by atoms with E-state index in [1.165, 1.54) is 0 Å². The maximum atomic E-state index is 5.46. The lowest BCUT2D eigenvalue weighted by molar-refractivity contribution is -0.00834. The van der Waals surface area contributed by atoms with E-state index in [0.29, 0.717) is 6.54 Å². The number of ether oxygens (including phenoxy) is 1. The molecule has 0 unspecified atom stereocenters. The molecule has 1 aliphatic rings. The van der Waals surface area contributed by atoms with Gasteiger partial charge in [0.1, 0.15) is 5.01 Å². The van der Waals surface area contributed by atoms with Crippen molar-refractivity contribution in [3.8, 4) is 11.3 Å². The number of benzene rings is 1. The van der Waals surface area contributed by atoms with Crippen LogP contribution >= 0.6 is 11.3 Å². The van der Waals surface area contributed by atoms with Gasteiger partial charge in [0.25, 0.3) is 0 Å². The van der Waals surface area contributed by atoms with Gasteiger partial charge in [0, 0.05) is 43.2 Å². The first-order valence-corrected chi connectivity index (χ1v) is 10.2. The summed E-state index contributed by atoms with van der Waals surface area (Å²) in [5.41, 5.74) is 2.21. The minimum absolute atomic E-state index is 0.0447. The van der Waals surface area contributed by atoms with Crippen LogP contribution in [0.1, 0.15) is 18.9 Å². The Bertz CT molecular complexity index is 738. The second-order valence-electron chi connectivity index (χ2n) is 7.18. The molecule has 1 aromatic heterocycles. The first-order valence-electron chi connectivity index (χ1n) is 9.35.